The van der Waals surface area contributed by atoms with Crippen LogP contribution in [0, 0.1) is 13.8 Å². The van der Waals surface area contributed by atoms with Crippen molar-refractivity contribution in [1.29, 1.82) is 0 Å². The van der Waals surface area contributed by atoms with Gasteiger partial charge >= 0.3 is 5.97 Å². The summed E-state index contributed by atoms with van der Waals surface area (Å²) in [4.78, 5) is 26.5. The molecule has 23 heavy (non-hydrogen) atoms. The van der Waals surface area contributed by atoms with E-state index < -0.39 is 5.97 Å². The number of thiazole rings is 1. The normalized spacial score (nSPS) is 10.3. The van der Waals surface area contributed by atoms with Gasteiger partial charge in [-0.05, 0) is 31.0 Å². The summed E-state index contributed by atoms with van der Waals surface area (Å²) in [5.74, 6) is -0.564. The van der Waals surface area contributed by atoms with E-state index in [1.165, 1.54) is 16.7 Å². The topological polar surface area (TPSA) is 88.5 Å². The quantitative estimate of drug-likeness (QED) is 0.810. The first-order valence-electron chi connectivity index (χ1n) is 7.10. The Labute approximate surface area is 138 Å². The number of carboxylic acid groups (broad SMARTS) is 1. The highest BCUT2D eigenvalue weighted by Crippen LogP contribution is 2.18. The Morgan fingerprint density at radius 1 is 1.35 bits per heavy atom. The number of nitrogens with zero attached hydrogens (tertiary/aromatic N) is 1. The van der Waals surface area contributed by atoms with Crippen molar-refractivity contribution in [2.24, 2.45) is 0 Å². The van der Waals surface area contributed by atoms with Crippen molar-refractivity contribution in [3.05, 3.63) is 45.4 Å². The minimum Gasteiger partial charge on any atom is -0.483 e. The van der Waals surface area contributed by atoms with Gasteiger partial charge in [-0.25, -0.2) is 9.78 Å². The zero-order valence-corrected chi connectivity index (χ0v) is 13.8. The molecule has 0 atom stereocenters. The van der Waals surface area contributed by atoms with Crippen molar-refractivity contribution in [2.45, 2.75) is 20.3 Å². The second kappa shape index (κ2) is 7.73. The van der Waals surface area contributed by atoms with E-state index in [2.05, 4.69) is 10.3 Å². The maximum absolute atomic E-state index is 11.8. The lowest BCUT2D eigenvalue weighted by molar-refractivity contribution is -0.123. The summed E-state index contributed by atoms with van der Waals surface area (Å²) in [5, 5.41) is 13.7. The van der Waals surface area contributed by atoms with Gasteiger partial charge in [0.05, 0.1) is 5.01 Å². The van der Waals surface area contributed by atoms with E-state index in [-0.39, 0.29) is 18.2 Å². The Bertz CT molecular complexity index is 712. The predicted molar refractivity (Wildman–Crippen MR) is 87.2 cm³/mol. The Kier molecular flexibility index (Phi) is 5.70. The fourth-order valence-electron chi connectivity index (χ4n) is 1.89. The van der Waals surface area contributed by atoms with Crippen LogP contribution in [-0.2, 0) is 11.2 Å². The van der Waals surface area contributed by atoms with Gasteiger partial charge in [-0.15, -0.1) is 11.3 Å². The zero-order valence-electron chi connectivity index (χ0n) is 13.0. The molecule has 0 radical (unpaired) electrons. The largest absolute Gasteiger partial charge is 0.483 e. The number of aryl methyl sites for hydroxylation is 2. The van der Waals surface area contributed by atoms with Gasteiger partial charge < -0.3 is 15.2 Å². The fourth-order valence-corrected chi connectivity index (χ4v) is 2.66. The van der Waals surface area contributed by atoms with E-state index in [0.717, 1.165) is 11.1 Å². The van der Waals surface area contributed by atoms with Crippen LogP contribution in [0.15, 0.2) is 23.6 Å². The molecule has 0 bridgehead atoms. The molecule has 0 aliphatic heterocycles. The molecule has 0 aliphatic rings. The van der Waals surface area contributed by atoms with Gasteiger partial charge in [-0.2, -0.15) is 0 Å². The van der Waals surface area contributed by atoms with Crippen LogP contribution in [-0.4, -0.2) is 35.1 Å². The predicted octanol–water partition coefficient (Wildman–Crippen LogP) is 2.20. The Morgan fingerprint density at radius 2 is 2.13 bits per heavy atom. The Morgan fingerprint density at radius 3 is 2.83 bits per heavy atom. The monoisotopic (exact) mass is 334 g/mol. The van der Waals surface area contributed by atoms with E-state index >= 15 is 0 Å². The highest BCUT2D eigenvalue weighted by molar-refractivity contribution is 7.09. The summed E-state index contributed by atoms with van der Waals surface area (Å²) in [7, 11) is 0. The molecule has 0 aliphatic carbocycles. The van der Waals surface area contributed by atoms with Crippen LogP contribution in [0.1, 0.15) is 26.6 Å². The molecule has 0 saturated heterocycles. The van der Waals surface area contributed by atoms with Crippen molar-refractivity contribution in [3.8, 4) is 5.75 Å². The summed E-state index contributed by atoms with van der Waals surface area (Å²) in [6.45, 7) is 4.23. The molecule has 2 rings (SSSR count). The molecule has 2 N–H and O–H groups in total. The first-order valence-corrected chi connectivity index (χ1v) is 7.98. The number of aromatic nitrogens is 1. The lowest BCUT2D eigenvalue weighted by Crippen LogP contribution is -2.30. The lowest BCUT2D eigenvalue weighted by Gasteiger charge is -2.10. The summed E-state index contributed by atoms with van der Waals surface area (Å²) in [6.07, 6.45) is 0.493. The molecule has 0 saturated carbocycles. The van der Waals surface area contributed by atoms with Gasteiger partial charge in [0.15, 0.2) is 12.3 Å². The van der Waals surface area contributed by atoms with Gasteiger partial charge in [-0.1, -0.05) is 12.1 Å². The standard InChI is InChI=1S/C16H18N2O4S/c1-10-3-4-11(2)13(7-10)22-8-14(19)17-6-5-15-18-12(9-23-15)16(20)21/h3-4,7,9H,5-6,8H2,1-2H3,(H,17,19)(H,20,21). The average Bonchev–Trinajstić information content (AvgIpc) is 2.97. The van der Waals surface area contributed by atoms with E-state index in [1.54, 1.807) is 0 Å². The van der Waals surface area contributed by atoms with Crippen molar-refractivity contribution in [1.82, 2.24) is 10.3 Å². The molecule has 1 aromatic heterocycles. The third-order valence-corrected chi connectivity index (χ3v) is 4.04. The number of ether oxygens (including phenoxy) is 1. The summed E-state index contributed by atoms with van der Waals surface area (Å²) in [5.41, 5.74) is 2.09. The summed E-state index contributed by atoms with van der Waals surface area (Å²) < 4.78 is 5.51. The molecular weight excluding hydrogens is 316 g/mol. The van der Waals surface area contributed by atoms with E-state index in [0.29, 0.717) is 23.7 Å². The molecule has 2 aromatic rings. The first-order chi connectivity index (χ1) is 11.0. The molecule has 7 heteroatoms. The van der Waals surface area contributed by atoms with Crippen molar-refractivity contribution >= 4 is 23.2 Å². The van der Waals surface area contributed by atoms with Gasteiger partial charge in [0, 0.05) is 18.3 Å². The van der Waals surface area contributed by atoms with Gasteiger partial charge in [0.2, 0.25) is 0 Å². The van der Waals surface area contributed by atoms with Crippen LogP contribution >= 0.6 is 11.3 Å². The van der Waals surface area contributed by atoms with Gasteiger partial charge in [-0.3, -0.25) is 4.79 Å². The van der Waals surface area contributed by atoms with E-state index in [1.807, 2.05) is 32.0 Å². The minimum atomic E-state index is -1.04. The highest BCUT2D eigenvalue weighted by Gasteiger charge is 2.09. The molecule has 122 valence electrons. The number of carbonyl (C=O) groups excluding carboxylic acids is 1. The molecule has 1 heterocycles. The highest BCUT2D eigenvalue weighted by atomic mass is 32.1. The van der Waals surface area contributed by atoms with Crippen LogP contribution in [0.5, 0.6) is 5.75 Å². The molecule has 0 spiro atoms. The van der Waals surface area contributed by atoms with Crippen LogP contribution in [0.2, 0.25) is 0 Å². The average molecular weight is 334 g/mol. The number of benzene rings is 1. The summed E-state index contributed by atoms with van der Waals surface area (Å²) >= 11 is 1.27. The maximum atomic E-state index is 11.8. The zero-order chi connectivity index (χ0) is 16.8. The molecule has 0 fully saturated rings. The molecule has 6 nitrogen and oxygen atoms in total. The third kappa shape index (κ3) is 5.07. The Hall–Kier alpha value is -2.41. The first kappa shape index (κ1) is 17.0. The summed E-state index contributed by atoms with van der Waals surface area (Å²) in [6, 6.07) is 5.83. The van der Waals surface area contributed by atoms with Crippen LogP contribution < -0.4 is 10.1 Å². The van der Waals surface area contributed by atoms with Crippen molar-refractivity contribution in [2.75, 3.05) is 13.2 Å². The number of hydrogen-bond donors (Lipinski definition) is 2. The third-order valence-electron chi connectivity index (χ3n) is 3.13. The number of carbonyl (C=O) groups is 2. The fraction of sp³-hybridized carbons (Fsp3) is 0.312. The number of nitrogens with one attached hydrogen (secondary N) is 1. The van der Waals surface area contributed by atoms with Gasteiger partial charge in [0.25, 0.3) is 5.91 Å². The second-order valence-electron chi connectivity index (χ2n) is 5.09. The number of rotatable bonds is 7. The number of amides is 1. The number of carboxylic acids is 1. The molecule has 1 amide bonds. The van der Waals surface area contributed by atoms with Crippen LogP contribution in [0.25, 0.3) is 0 Å². The van der Waals surface area contributed by atoms with E-state index in [9.17, 15) is 9.59 Å². The van der Waals surface area contributed by atoms with Crippen molar-refractivity contribution < 1.29 is 19.4 Å². The molecule has 0 unspecified atom stereocenters. The second-order valence-corrected chi connectivity index (χ2v) is 6.03. The Balaban J connectivity index is 1.74. The van der Waals surface area contributed by atoms with Crippen LogP contribution in [0.4, 0.5) is 0 Å². The van der Waals surface area contributed by atoms with Gasteiger partial charge in [0.1, 0.15) is 5.75 Å². The molecular formula is C16H18N2O4S. The number of hydrogen-bond acceptors (Lipinski definition) is 5. The maximum Gasteiger partial charge on any atom is 0.355 e. The number of aromatic carboxylic acids is 1. The smallest absolute Gasteiger partial charge is 0.355 e. The SMILES string of the molecule is Cc1ccc(C)c(OCC(=O)NCCc2nc(C(=O)O)cs2)c1. The minimum absolute atomic E-state index is 0.0367. The van der Waals surface area contributed by atoms with Crippen LogP contribution in [0.3, 0.4) is 0 Å². The van der Waals surface area contributed by atoms with E-state index in [4.69, 9.17) is 9.84 Å². The van der Waals surface area contributed by atoms with Crippen molar-refractivity contribution in [3.63, 3.8) is 0 Å². The lowest BCUT2D eigenvalue weighted by atomic mass is 10.1. The molecule has 1 aromatic carbocycles.